The fraction of sp³-hybridized carbons (Fsp3) is 0.438. The van der Waals surface area contributed by atoms with Crippen molar-refractivity contribution in [2.75, 3.05) is 13.7 Å². The molecule has 1 aliphatic heterocycles. The first kappa shape index (κ1) is 13.9. The van der Waals surface area contributed by atoms with Crippen molar-refractivity contribution in [3.05, 3.63) is 42.0 Å². The minimum Gasteiger partial charge on any atom is -0.491 e. The van der Waals surface area contributed by atoms with E-state index in [1.807, 2.05) is 31.7 Å². The van der Waals surface area contributed by atoms with Gasteiger partial charge in [-0.25, -0.2) is 4.98 Å². The first-order valence-corrected chi connectivity index (χ1v) is 7.26. The summed E-state index contributed by atoms with van der Waals surface area (Å²) in [5, 5.41) is 3.24. The first-order valence-electron chi connectivity index (χ1n) is 7.26. The molecule has 0 saturated heterocycles. The van der Waals surface area contributed by atoms with Crippen LogP contribution in [0.5, 0.6) is 11.5 Å². The summed E-state index contributed by atoms with van der Waals surface area (Å²) in [6, 6.07) is 6.68. The molecule has 2 aromatic rings. The first-order chi connectivity index (χ1) is 10.2. The molecule has 5 heteroatoms. The molecule has 3 rings (SSSR count). The second kappa shape index (κ2) is 5.77. The van der Waals surface area contributed by atoms with E-state index in [9.17, 15) is 0 Å². The largest absolute Gasteiger partial charge is 0.491 e. The van der Waals surface area contributed by atoms with Gasteiger partial charge in [0.1, 0.15) is 24.7 Å². The van der Waals surface area contributed by atoms with Crippen LogP contribution in [0.4, 0.5) is 0 Å². The van der Waals surface area contributed by atoms with Crippen LogP contribution < -0.4 is 14.8 Å². The molecule has 1 aromatic carbocycles. The summed E-state index contributed by atoms with van der Waals surface area (Å²) in [6.45, 7) is 5.44. The Morgan fingerprint density at radius 2 is 2.33 bits per heavy atom. The van der Waals surface area contributed by atoms with Gasteiger partial charge in [-0.15, -0.1) is 0 Å². The molecule has 21 heavy (non-hydrogen) atoms. The van der Waals surface area contributed by atoms with Gasteiger partial charge in [-0.1, -0.05) is 0 Å². The van der Waals surface area contributed by atoms with Crippen molar-refractivity contribution in [2.24, 2.45) is 0 Å². The summed E-state index contributed by atoms with van der Waals surface area (Å²) in [5.74, 6) is 1.73. The average molecular weight is 287 g/mol. The number of benzene rings is 1. The zero-order chi connectivity index (χ0) is 14.8. The van der Waals surface area contributed by atoms with Crippen LogP contribution in [0.15, 0.2) is 30.7 Å². The molecule has 0 bridgehead atoms. The SMILES string of the molecule is CNC1COc2cc(OCc3cncn3C(C)C)ccc21. The Hall–Kier alpha value is -2.01. The maximum absolute atomic E-state index is 5.87. The molecule has 1 aromatic heterocycles. The number of fused-ring (bicyclic) bond motifs is 1. The monoisotopic (exact) mass is 287 g/mol. The van der Waals surface area contributed by atoms with Crippen LogP contribution in [-0.2, 0) is 6.61 Å². The molecule has 1 aliphatic rings. The van der Waals surface area contributed by atoms with Gasteiger partial charge in [0.15, 0.2) is 0 Å². The number of imidazole rings is 1. The zero-order valence-electron chi connectivity index (χ0n) is 12.7. The zero-order valence-corrected chi connectivity index (χ0v) is 12.7. The lowest BCUT2D eigenvalue weighted by Crippen LogP contribution is -2.17. The van der Waals surface area contributed by atoms with E-state index in [1.165, 1.54) is 5.56 Å². The van der Waals surface area contributed by atoms with E-state index in [0.717, 1.165) is 17.2 Å². The fourth-order valence-electron chi connectivity index (χ4n) is 2.59. The summed E-state index contributed by atoms with van der Waals surface area (Å²) < 4.78 is 13.7. The molecule has 112 valence electrons. The van der Waals surface area contributed by atoms with Gasteiger partial charge in [0.25, 0.3) is 0 Å². The topological polar surface area (TPSA) is 48.3 Å². The van der Waals surface area contributed by atoms with E-state index in [0.29, 0.717) is 19.3 Å². The summed E-state index contributed by atoms with van der Waals surface area (Å²) in [4.78, 5) is 4.18. The quantitative estimate of drug-likeness (QED) is 0.918. The van der Waals surface area contributed by atoms with Gasteiger partial charge < -0.3 is 19.4 Å². The average Bonchev–Trinajstić information content (AvgIpc) is 3.11. The lowest BCUT2D eigenvalue weighted by atomic mass is 10.1. The summed E-state index contributed by atoms with van der Waals surface area (Å²) in [6.07, 6.45) is 3.69. The molecule has 1 unspecified atom stereocenters. The van der Waals surface area contributed by atoms with Crippen LogP contribution in [0, 0.1) is 0 Å². The molecule has 1 N–H and O–H groups in total. The lowest BCUT2D eigenvalue weighted by Gasteiger charge is -2.13. The molecule has 0 saturated carbocycles. The lowest BCUT2D eigenvalue weighted by molar-refractivity contribution is 0.287. The summed E-state index contributed by atoms with van der Waals surface area (Å²) in [5.41, 5.74) is 2.26. The molecule has 0 fully saturated rings. The molecule has 0 amide bonds. The van der Waals surface area contributed by atoms with Crippen molar-refractivity contribution < 1.29 is 9.47 Å². The Morgan fingerprint density at radius 1 is 1.48 bits per heavy atom. The van der Waals surface area contributed by atoms with E-state index >= 15 is 0 Å². The van der Waals surface area contributed by atoms with Crippen LogP contribution >= 0.6 is 0 Å². The van der Waals surface area contributed by atoms with Gasteiger partial charge in [-0.3, -0.25) is 0 Å². The number of rotatable bonds is 5. The molecule has 0 aliphatic carbocycles. The standard InChI is InChI=1S/C16H21N3O2/c1-11(2)19-10-18-7-12(19)8-20-13-4-5-14-15(17-3)9-21-16(14)6-13/h4-7,10-11,15,17H,8-9H2,1-3H3. The van der Waals surface area contributed by atoms with Crippen LogP contribution in [0.2, 0.25) is 0 Å². The van der Waals surface area contributed by atoms with Crippen molar-refractivity contribution in [2.45, 2.75) is 32.5 Å². The van der Waals surface area contributed by atoms with Gasteiger partial charge in [0.2, 0.25) is 0 Å². The third-order valence-corrected chi connectivity index (χ3v) is 3.80. The molecular weight excluding hydrogens is 266 g/mol. The van der Waals surface area contributed by atoms with Crippen LogP contribution in [0.3, 0.4) is 0 Å². The van der Waals surface area contributed by atoms with E-state index in [-0.39, 0.29) is 6.04 Å². The second-order valence-corrected chi connectivity index (χ2v) is 5.53. The van der Waals surface area contributed by atoms with E-state index < -0.39 is 0 Å². The molecule has 0 spiro atoms. The van der Waals surface area contributed by atoms with Crippen molar-refractivity contribution in [3.63, 3.8) is 0 Å². The number of nitrogens with one attached hydrogen (secondary N) is 1. The van der Waals surface area contributed by atoms with E-state index in [1.54, 1.807) is 0 Å². The predicted molar refractivity (Wildman–Crippen MR) is 80.7 cm³/mol. The smallest absolute Gasteiger partial charge is 0.130 e. The maximum Gasteiger partial charge on any atom is 0.130 e. The van der Waals surface area contributed by atoms with Gasteiger partial charge in [0.05, 0.1) is 24.3 Å². The molecule has 5 nitrogen and oxygen atoms in total. The second-order valence-electron chi connectivity index (χ2n) is 5.53. The third-order valence-electron chi connectivity index (χ3n) is 3.80. The minimum absolute atomic E-state index is 0.274. The maximum atomic E-state index is 5.87. The number of hydrogen-bond donors (Lipinski definition) is 1. The van der Waals surface area contributed by atoms with Gasteiger partial charge in [0, 0.05) is 17.7 Å². The predicted octanol–water partition coefficient (Wildman–Crippen LogP) is 2.70. The third kappa shape index (κ3) is 2.74. The Morgan fingerprint density at radius 3 is 3.10 bits per heavy atom. The van der Waals surface area contributed by atoms with E-state index in [4.69, 9.17) is 9.47 Å². The number of likely N-dealkylation sites (N-methyl/N-ethyl adjacent to an activating group) is 1. The highest BCUT2D eigenvalue weighted by atomic mass is 16.5. The molecule has 1 atom stereocenters. The minimum atomic E-state index is 0.274. The summed E-state index contributed by atoms with van der Waals surface area (Å²) >= 11 is 0. The number of nitrogens with zero attached hydrogens (tertiary/aromatic N) is 2. The highest BCUT2D eigenvalue weighted by Crippen LogP contribution is 2.35. The number of ether oxygens (including phenoxy) is 2. The van der Waals surface area contributed by atoms with Crippen molar-refractivity contribution >= 4 is 0 Å². The normalized spacial score (nSPS) is 16.9. The van der Waals surface area contributed by atoms with Crippen LogP contribution in [-0.4, -0.2) is 23.2 Å². The highest BCUT2D eigenvalue weighted by Gasteiger charge is 2.22. The molecular formula is C16H21N3O2. The molecule has 2 heterocycles. The highest BCUT2D eigenvalue weighted by molar-refractivity contribution is 5.45. The Bertz CT molecular complexity index is 622. The Labute approximate surface area is 124 Å². The number of hydrogen-bond acceptors (Lipinski definition) is 4. The Balaban J connectivity index is 1.70. The van der Waals surface area contributed by atoms with Gasteiger partial charge in [-0.2, -0.15) is 0 Å². The van der Waals surface area contributed by atoms with Crippen LogP contribution in [0.1, 0.15) is 37.2 Å². The van der Waals surface area contributed by atoms with Gasteiger partial charge in [-0.05, 0) is 33.0 Å². The Kier molecular flexibility index (Phi) is 3.84. The summed E-state index contributed by atoms with van der Waals surface area (Å²) in [7, 11) is 1.95. The van der Waals surface area contributed by atoms with Crippen molar-refractivity contribution in [1.29, 1.82) is 0 Å². The fourth-order valence-corrected chi connectivity index (χ4v) is 2.59. The number of aromatic nitrogens is 2. The van der Waals surface area contributed by atoms with E-state index in [2.05, 4.69) is 34.8 Å². The molecule has 0 radical (unpaired) electrons. The van der Waals surface area contributed by atoms with Crippen molar-refractivity contribution in [1.82, 2.24) is 14.9 Å². The van der Waals surface area contributed by atoms with Crippen LogP contribution in [0.25, 0.3) is 0 Å². The van der Waals surface area contributed by atoms with Gasteiger partial charge >= 0.3 is 0 Å². The van der Waals surface area contributed by atoms with Crippen molar-refractivity contribution in [3.8, 4) is 11.5 Å².